The minimum absolute atomic E-state index is 0.0511. The van der Waals surface area contributed by atoms with E-state index in [1.54, 1.807) is 31.2 Å². The number of nitrogen functional groups attached to an aromatic ring is 1. The molecule has 156 valence electrons. The molecule has 0 spiro atoms. The first kappa shape index (κ1) is 19.9. The number of carbonyl (C=O) groups excluding carboxylic acids is 1. The van der Waals surface area contributed by atoms with E-state index in [-0.39, 0.29) is 30.1 Å². The van der Waals surface area contributed by atoms with Crippen LogP contribution in [0.15, 0.2) is 53.1 Å². The van der Waals surface area contributed by atoms with Gasteiger partial charge in [0.1, 0.15) is 5.82 Å². The molecule has 10 nitrogen and oxygen atoms in total. The summed E-state index contributed by atoms with van der Waals surface area (Å²) in [7, 11) is 0. The second kappa shape index (κ2) is 8.53. The van der Waals surface area contributed by atoms with Gasteiger partial charge in [-0.2, -0.15) is 19.9 Å². The second-order valence-corrected chi connectivity index (χ2v) is 6.37. The summed E-state index contributed by atoms with van der Waals surface area (Å²) < 4.78 is 23.4. The fourth-order valence-corrected chi connectivity index (χ4v) is 2.60. The smallest absolute Gasteiger partial charge is 0.338 e. The third kappa shape index (κ3) is 4.96. The van der Waals surface area contributed by atoms with Crippen molar-refractivity contribution in [1.29, 1.82) is 0 Å². The molecule has 0 saturated heterocycles. The highest BCUT2D eigenvalue weighted by Crippen LogP contribution is 2.18. The number of hydrogen-bond donors (Lipinski definition) is 2. The fourth-order valence-electron chi connectivity index (χ4n) is 2.60. The van der Waals surface area contributed by atoms with Crippen LogP contribution in [0, 0.1) is 12.7 Å². The molecule has 0 aliphatic heterocycles. The van der Waals surface area contributed by atoms with E-state index in [0.29, 0.717) is 28.5 Å². The average molecular weight is 421 g/mol. The second-order valence-electron chi connectivity index (χ2n) is 6.37. The Hall–Kier alpha value is -4.41. The number of halogens is 1. The van der Waals surface area contributed by atoms with Crippen LogP contribution in [-0.4, -0.2) is 31.1 Å². The van der Waals surface area contributed by atoms with Gasteiger partial charge < -0.3 is 20.3 Å². The summed E-state index contributed by atoms with van der Waals surface area (Å²) in [5.41, 5.74) is 7.27. The number of nitrogens with one attached hydrogen (secondary N) is 1. The number of hydrogen-bond acceptors (Lipinski definition) is 10. The number of nitrogens with zero attached hydrogens (tertiary/aromatic N) is 5. The molecule has 4 rings (SSSR count). The van der Waals surface area contributed by atoms with Crippen molar-refractivity contribution in [3.8, 4) is 11.5 Å². The van der Waals surface area contributed by atoms with E-state index in [4.69, 9.17) is 15.0 Å². The number of rotatable bonds is 6. The molecular formula is C20H16FN7O3. The Labute approximate surface area is 175 Å². The van der Waals surface area contributed by atoms with Gasteiger partial charge in [-0.15, -0.1) is 0 Å². The molecule has 0 bridgehead atoms. The van der Waals surface area contributed by atoms with Gasteiger partial charge in [-0.25, -0.2) is 9.18 Å². The summed E-state index contributed by atoms with van der Waals surface area (Å²) in [6.07, 6.45) is 0. The van der Waals surface area contributed by atoms with Gasteiger partial charge in [0.15, 0.2) is 18.3 Å². The van der Waals surface area contributed by atoms with Crippen molar-refractivity contribution in [2.75, 3.05) is 11.1 Å². The lowest BCUT2D eigenvalue weighted by molar-refractivity contribution is 0.0462. The summed E-state index contributed by atoms with van der Waals surface area (Å²) in [5.74, 6) is 0.189. The molecule has 0 fully saturated rings. The van der Waals surface area contributed by atoms with Crippen LogP contribution >= 0.6 is 0 Å². The molecule has 0 unspecified atom stereocenters. The molecule has 0 aliphatic rings. The lowest BCUT2D eigenvalue weighted by Crippen LogP contribution is -2.11. The number of anilines is 3. The molecule has 31 heavy (non-hydrogen) atoms. The Morgan fingerprint density at radius 3 is 2.48 bits per heavy atom. The van der Waals surface area contributed by atoms with Gasteiger partial charge in [0.2, 0.25) is 11.9 Å². The highest BCUT2D eigenvalue weighted by Gasteiger charge is 2.12. The van der Waals surface area contributed by atoms with E-state index in [1.807, 2.05) is 0 Å². The normalized spacial score (nSPS) is 10.6. The van der Waals surface area contributed by atoms with Gasteiger partial charge in [0.25, 0.3) is 5.89 Å². The van der Waals surface area contributed by atoms with E-state index in [0.717, 1.165) is 0 Å². The van der Waals surface area contributed by atoms with Crippen molar-refractivity contribution in [3.05, 3.63) is 71.6 Å². The number of aromatic nitrogens is 5. The van der Waals surface area contributed by atoms with Crippen molar-refractivity contribution < 1.29 is 18.4 Å². The summed E-state index contributed by atoms with van der Waals surface area (Å²) in [6, 6.07) is 12.1. The van der Waals surface area contributed by atoms with E-state index < -0.39 is 5.97 Å². The third-order valence-corrected chi connectivity index (χ3v) is 4.03. The number of ether oxygens (including phenoxy) is 1. The number of aryl methyl sites for hydroxylation is 1. The summed E-state index contributed by atoms with van der Waals surface area (Å²) in [6.45, 7) is 1.50. The van der Waals surface area contributed by atoms with Crippen LogP contribution in [0.1, 0.15) is 22.0 Å². The quantitative estimate of drug-likeness (QED) is 0.446. The number of nitrogens with two attached hydrogens (primary N) is 1. The first-order valence-corrected chi connectivity index (χ1v) is 9.07. The van der Waals surface area contributed by atoms with Crippen molar-refractivity contribution in [1.82, 2.24) is 25.1 Å². The van der Waals surface area contributed by atoms with E-state index in [9.17, 15) is 9.18 Å². The molecular weight excluding hydrogens is 405 g/mol. The predicted molar refractivity (Wildman–Crippen MR) is 108 cm³/mol. The maximum Gasteiger partial charge on any atom is 0.338 e. The van der Waals surface area contributed by atoms with Gasteiger partial charge >= 0.3 is 5.97 Å². The minimum atomic E-state index is -0.569. The Morgan fingerprint density at radius 1 is 1.06 bits per heavy atom. The molecule has 0 radical (unpaired) electrons. The van der Waals surface area contributed by atoms with Crippen LogP contribution in [0.3, 0.4) is 0 Å². The molecule has 2 aromatic heterocycles. The average Bonchev–Trinajstić information content (AvgIpc) is 3.20. The zero-order chi connectivity index (χ0) is 21.8. The number of esters is 1. The summed E-state index contributed by atoms with van der Waals surface area (Å²) >= 11 is 0. The Bertz CT molecular complexity index is 1210. The van der Waals surface area contributed by atoms with Crippen LogP contribution in [-0.2, 0) is 11.3 Å². The predicted octanol–water partition coefficient (Wildman–Crippen LogP) is 3.05. The van der Waals surface area contributed by atoms with Crippen LogP contribution in [0.5, 0.6) is 0 Å². The molecule has 11 heteroatoms. The lowest BCUT2D eigenvalue weighted by Gasteiger charge is -2.08. The first-order valence-electron chi connectivity index (χ1n) is 9.07. The molecule has 0 amide bonds. The monoisotopic (exact) mass is 421 g/mol. The summed E-state index contributed by atoms with van der Waals surface area (Å²) in [4.78, 5) is 28.6. The van der Waals surface area contributed by atoms with Crippen LogP contribution in [0.4, 0.5) is 22.0 Å². The Balaban J connectivity index is 1.40. The molecule has 2 aromatic carbocycles. The molecule has 0 atom stereocenters. The van der Waals surface area contributed by atoms with Crippen molar-refractivity contribution in [2.24, 2.45) is 0 Å². The first-order chi connectivity index (χ1) is 15.0. The Morgan fingerprint density at radius 2 is 1.81 bits per heavy atom. The van der Waals surface area contributed by atoms with Crippen LogP contribution < -0.4 is 11.1 Å². The third-order valence-electron chi connectivity index (χ3n) is 4.03. The van der Waals surface area contributed by atoms with Gasteiger partial charge in [0, 0.05) is 11.3 Å². The van der Waals surface area contributed by atoms with E-state index in [1.165, 1.54) is 24.3 Å². The van der Waals surface area contributed by atoms with Crippen LogP contribution in [0.2, 0.25) is 0 Å². The zero-order valence-electron chi connectivity index (χ0n) is 16.2. The molecule has 2 heterocycles. The molecule has 0 aliphatic carbocycles. The highest BCUT2D eigenvalue weighted by molar-refractivity contribution is 5.89. The lowest BCUT2D eigenvalue weighted by atomic mass is 10.1. The molecule has 4 aromatic rings. The van der Waals surface area contributed by atoms with Crippen molar-refractivity contribution in [2.45, 2.75) is 13.5 Å². The molecule has 0 saturated carbocycles. The zero-order valence-corrected chi connectivity index (χ0v) is 16.2. The summed E-state index contributed by atoms with van der Waals surface area (Å²) in [5, 5.41) is 6.62. The van der Waals surface area contributed by atoms with Crippen LogP contribution in [0.25, 0.3) is 11.5 Å². The maximum absolute atomic E-state index is 13.0. The van der Waals surface area contributed by atoms with E-state index in [2.05, 4.69) is 30.4 Å². The topological polar surface area (TPSA) is 142 Å². The SMILES string of the molecule is Cc1noc(-c2ccc(C(=O)OCc3nc(N)nc(Nc4ccc(F)cc4)n3)cc2)n1. The van der Waals surface area contributed by atoms with Gasteiger partial charge in [-0.1, -0.05) is 5.16 Å². The van der Waals surface area contributed by atoms with Crippen molar-refractivity contribution in [3.63, 3.8) is 0 Å². The number of benzene rings is 2. The van der Waals surface area contributed by atoms with E-state index >= 15 is 0 Å². The minimum Gasteiger partial charge on any atom is -0.454 e. The maximum atomic E-state index is 13.0. The van der Waals surface area contributed by atoms with Gasteiger partial charge in [-0.05, 0) is 55.5 Å². The van der Waals surface area contributed by atoms with Gasteiger partial charge in [0.05, 0.1) is 5.56 Å². The van der Waals surface area contributed by atoms with Gasteiger partial charge in [-0.3, -0.25) is 0 Å². The largest absolute Gasteiger partial charge is 0.454 e. The van der Waals surface area contributed by atoms with Crippen molar-refractivity contribution >= 4 is 23.6 Å². The standard InChI is InChI=1S/C20H16FN7O3/c1-11-23-17(31-28-11)12-2-4-13(5-3-12)18(29)30-10-16-25-19(22)27-20(26-16)24-15-8-6-14(21)7-9-15/h2-9H,10H2,1H3,(H3,22,24,25,26,27). The highest BCUT2D eigenvalue weighted by atomic mass is 19.1. The number of carbonyl (C=O) groups is 1. The Kier molecular flexibility index (Phi) is 5.47. The fraction of sp³-hybridized carbons (Fsp3) is 0.100. The molecule has 3 N–H and O–H groups in total.